The van der Waals surface area contributed by atoms with Crippen LogP contribution >= 0.6 is 46.2 Å². The van der Waals surface area contributed by atoms with Crippen LogP contribution in [0.2, 0.25) is 0 Å². The Labute approximate surface area is 179 Å². The Kier molecular flexibility index (Phi) is 5.36. The Hall–Kier alpha value is -2.39. The van der Waals surface area contributed by atoms with Gasteiger partial charge in [-0.3, -0.25) is 19.8 Å². The van der Waals surface area contributed by atoms with Gasteiger partial charge in [-0.2, -0.15) is 0 Å². The third-order valence-electron chi connectivity index (χ3n) is 4.02. The molecule has 4 nitrogen and oxygen atoms in total. The van der Waals surface area contributed by atoms with Crippen molar-refractivity contribution in [2.24, 2.45) is 0 Å². The van der Waals surface area contributed by atoms with Crippen LogP contribution in [0.25, 0.3) is 25.6 Å². The van der Waals surface area contributed by atoms with Crippen molar-refractivity contribution >= 4 is 69.2 Å². The molecule has 1 fully saturated rings. The number of nitrogens with zero attached hydrogens (tertiary/aromatic N) is 1. The van der Waals surface area contributed by atoms with Crippen LogP contribution in [0.15, 0.2) is 60.0 Å². The number of nitrogens with one attached hydrogen (secondary N) is 1. The molecule has 3 aromatic heterocycles. The van der Waals surface area contributed by atoms with Crippen LogP contribution < -0.4 is 5.32 Å². The van der Waals surface area contributed by atoms with E-state index >= 15 is 0 Å². The van der Waals surface area contributed by atoms with Gasteiger partial charge in [0.1, 0.15) is 5.57 Å². The maximum Gasteiger partial charge on any atom is 0.265 e. The van der Waals surface area contributed by atoms with Gasteiger partial charge in [0.2, 0.25) is 0 Å². The zero-order valence-corrected chi connectivity index (χ0v) is 17.8. The Morgan fingerprint density at radius 3 is 2.46 bits per heavy atom. The normalized spacial score (nSPS) is 15.9. The summed E-state index contributed by atoms with van der Waals surface area (Å²) in [6, 6.07) is 12.3. The van der Waals surface area contributed by atoms with Crippen LogP contribution in [0, 0.1) is 0 Å². The van der Waals surface area contributed by atoms with Crippen LogP contribution in [0.3, 0.4) is 0 Å². The molecule has 1 aliphatic rings. The summed E-state index contributed by atoms with van der Waals surface area (Å²) < 4.78 is 0. The lowest BCUT2D eigenvalue weighted by Gasteiger charge is -2.27. The molecular weight excluding hydrogens is 429 g/mol. The van der Waals surface area contributed by atoms with E-state index in [1.165, 1.54) is 14.7 Å². The zero-order valence-electron chi connectivity index (χ0n) is 14.5. The van der Waals surface area contributed by atoms with Crippen LogP contribution in [-0.4, -0.2) is 28.4 Å². The molecule has 3 aromatic rings. The number of thiophene rings is 3. The second-order valence-electron chi connectivity index (χ2n) is 5.86. The third-order valence-corrected chi connectivity index (χ3v) is 7.73. The molecule has 0 atom stereocenters. The number of carbonyl (C=O) groups is 2. The van der Waals surface area contributed by atoms with E-state index in [0.29, 0.717) is 0 Å². The average Bonchev–Trinajstić information content (AvgIpc) is 3.42. The first-order chi connectivity index (χ1) is 13.6. The maximum atomic E-state index is 12.6. The molecule has 1 N–H and O–H groups in total. The fraction of sp³-hybridized carbons (Fsp3) is 0.0500. The van der Waals surface area contributed by atoms with E-state index in [4.69, 9.17) is 12.2 Å². The molecule has 0 aliphatic carbocycles. The summed E-state index contributed by atoms with van der Waals surface area (Å²) in [5, 5.41) is 4.74. The van der Waals surface area contributed by atoms with Crippen molar-refractivity contribution in [2.75, 3.05) is 6.54 Å². The third kappa shape index (κ3) is 3.64. The minimum absolute atomic E-state index is 0.0781. The second kappa shape index (κ2) is 7.92. The molecule has 28 heavy (non-hydrogen) atoms. The van der Waals surface area contributed by atoms with Gasteiger partial charge in [-0.1, -0.05) is 12.1 Å². The largest absolute Gasteiger partial charge is 0.298 e. The van der Waals surface area contributed by atoms with Crippen LogP contribution in [0.5, 0.6) is 0 Å². The first kappa shape index (κ1) is 18.9. The fourth-order valence-corrected chi connectivity index (χ4v) is 5.85. The van der Waals surface area contributed by atoms with Crippen molar-refractivity contribution in [2.45, 2.75) is 0 Å². The monoisotopic (exact) mass is 442 g/mol. The molecule has 4 heterocycles. The highest BCUT2D eigenvalue weighted by Crippen LogP contribution is 2.39. The van der Waals surface area contributed by atoms with Crippen molar-refractivity contribution in [3.8, 4) is 19.5 Å². The van der Waals surface area contributed by atoms with Crippen molar-refractivity contribution in [1.29, 1.82) is 0 Å². The molecule has 0 unspecified atom stereocenters. The Morgan fingerprint density at radius 1 is 1.04 bits per heavy atom. The predicted octanol–water partition coefficient (Wildman–Crippen LogP) is 5.02. The van der Waals surface area contributed by atoms with Crippen molar-refractivity contribution < 1.29 is 9.59 Å². The van der Waals surface area contributed by atoms with Gasteiger partial charge < -0.3 is 0 Å². The molecule has 1 saturated heterocycles. The second-order valence-corrected chi connectivity index (χ2v) is 9.40. The van der Waals surface area contributed by atoms with E-state index < -0.39 is 11.8 Å². The molecule has 2 amide bonds. The zero-order chi connectivity index (χ0) is 19.7. The lowest BCUT2D eigenvalue weighted by Crippen LogP contribution is -2.53. The molecule has 0 radical (unpaired) electrons. The number of carbonyl (C=O) groups excluding carboxylic acids is 2. The molecule has 140 valence electrons. The number of hydrogen-bond acceptors (Lipinski definition) is 6. The lowest BCUT2D eigenvalue weighted by molar-refractivity contribution is -0.128. The van der Waals surface area contributed by atoms with Gasteiger partial charge in [0, 0.05) is 30.9 Å². The van der Waals surface area contributed by atoms with Crippen LogP contribution in [-0.2, 0) is 9.59 Å². The van der Waals surface area contributed by atoms with Gasteiger partial charge in [0.25, 0.3) is 11.8 Å². The number of amides is 2. The predicted molar refractivity (Wildman–Crippen MR) is 122 cm³/mol. The summed E-state index contributed by atoms with van der Waals surface area (Å²) in [7, 11) is 0. The van der Waals surface area contributed by atoms with E-state index in [-0.39, 0.29) is 17.2 Å². The molecule has 8 heteroatoms. The Bertz CT molecular complexity index is 1110. The summed E-state index contributed by atoms with van der Waals surface area (Å²) in [4.78, 5) is 31.8. The summed E-state index contributed by atoms with van der Waals surface area (Å²) in [6.45, 7) is 3.88. The fourth-order valence-electron chi connectivity index (χ4n) is 2.72. The van der Waals surface area contributed by atoms with E-state index in [2.05, 4.69) is 35.5 Å². The molecule has 4 rings (SSSR count). The first-order valence-electron chi connectivity index (χ1n) is 8.30. The molecule has 1 aliphatic heterocycles. The number of thiocarbonyl (C=S) groups is 1. The smallest absolute Gasteiger partial charge is 0.265 e. The summed E-state index contributed by atoms with van der Waals surface area (Å²) in [6.07, 6.45) is 3.20. The van der Waals surface area contributed by atoms with E-state index in [0.717, 1.165) is 14.6 Å². The Morgan fingerprint density at radius 2 is 1.75 bits per heavy atom. The number of rotatable bonds is 5. The van der Waals surface area contributed by atoms with Crippen molar-refractivity contribution in [3.63, 3.8) is 0 Å². The SMILES string of the molecule is C=CCN1C(=O)C(=Cc2ccc(-c3ccc(-c4cccs4)s3)s2)C(=O)NC1=S. The molecule has 0 saturated carbocycles. The van der Waals surface area contributed by atoms with Gasteiger partial charge in [-0.05, 0) is 54.0 Å². The van der Waals surface area contributed by atoms with Gasteiger partial charge in [-0.15, -0.1) is 40.6 Å². The lowest BCUT2D eigenvalue weighted by atomic mass is 10.1. The van der Waals surface area contributed by atoms with Crippen LogP contribution in [0.4, 0.5) is 0 Å². The Balaban J connectivity index is 1.60. The summed E-state index contributed by atoms with van der Waals surface area (Å²) in [5.74, 6) is -0.874. The first-order valence-corrected chi connectivity index (χ1v) is 11.2. The minimum Gasteiger partial charge on any atom is -0.298 e. The average molecular weight is 443 g/mol. The van der Waals surface area contributed by atoms with Crippen molar-refractivity contribution in [3.05, 3.63) is 64.9 Å². The van der Waals surface area contributed by atoms with Gasteiger partial charge in [-0.25, -0.2) is 0 Å². The highest BCUT2D eigenvalue weighted by molar-refractivity contribution is 7.80. The van der Waals surface area contributed by atoms with Gasteiger partial charge in [0.05, 0.1) is 0 Å². The van der Waals surface area contributed by atoms with E-state index in [1.807, 2.05) is 18.2 Å². The van der Waals surface area contributed by atoms with Gasteiger partial charge in [0.15, 0.2) is 5.11 Å². The molecular formula is C20H14N2O2S4. The van der Waals surface area contributed by atoms with Crippen molar-refractivity contribution in [1.82, 2.24) is 10.2 Å². The quantitative estimate of drug-likeness (QED) is 0.261. The standard InChI is InChI=1S/C20H14N2O2S4/c1-2-9-22-19(24)13(18(23)21-20(22)25)11-12-5-6-16(27-12)17-8-7-15(28-17)14-4-3-10-26-14/h2-8,10-11H,1,9H2,(H,21,23,25). The topological polar surface area (TPSA) is 49.4 Å². The van der Waals surface area contributed by atoms with E-state index in [1.54, 1.807) is 46.2 Å². The highest BCUT2D eigenvalue weighted by Gasteiger charge is 2.32. The van der Waals surface area contributed by atoms with Gasteiger partial charge >= 0.3 is 0 Å². The van der Waals surface area contributed by atoms with E-state index in [9.17, 15) is 9.59 Å². The minimum atomic E-state index is -0.471. The molecule has 0 aromatic carbocycles. The maximum absolute atomic E-state index is 12.6. The van der Waals surface area contributed by atoms with Crippen LogP contribution in [0.1, 0.15) is 4.88 Å². The molecule has 0 bridgehead atoms. The summed E-state index contributed by atoms with van der Waals surface area (Å²) in [5.41, 5.74) is 0.0781. The highest BCUT2D eigenvalue weighted by atomic mass is 32.1. The number of hydrogen-bond donors (Lipinski definition) is 1. The molecule has 0 spiro atoms. The summed E-state index contributed by atoms with van der Waals surface area (Å²) >= 11 is 10.1.